The van der Waals surface area contributed by atoms with E-state index in [-0.39, 0.29) is 28.9 Å². The second kappa shape index (κ2) is 9.31. The van der Waals surface area contributed by atoms with Crippen molar-refractivity contribution in [2.24, 2.45) is 0 Å². The van der Waals surface area contributed by atoms with Gasteiger partial charge in [-0.15, -0.1) is 0 Å². The van der Waals surface area contributed by atoms with Crippen molar-refractivity contribution in [3.8, 4) is 0 Å². The first-order chi connectivity index (χ1) is 11.6. The third-order valence-corrected chi connectivity index (χ3v) is 6.11. The Bertz CT molecular complexity index is 653. The van der Waals surface area contributed by atoms with Crippen LogP contribution in [0.4, 0.5) is 0 Å². The number of nitrogens with zero attached hydrogens (tertiary/aromatic N) is 1. The maximum atomic E-state index is 12.5. The van der Waals surface area contributed by atoms with Gasteiger partial charge in [-0.3, -0.25) is 10.1 Å². The average molecular weight is 370 g/mol. The Morgan fingerprint density at radius 1 is 1.04 bits per heavy atom. The van der Waals surface area contributed by atoms with Crippen LogP contribution >= 0.6 is 0 Å². The van der Waals surface area contributed by atoms with Crippen LogP contribution < -0.4 is 10.6 Å². The van der Waals surface area contributed by atoms with E-state index < -0.39 is 10.0 Å². The topological polar surface area (TPSA) is 78.5 Å². The van der Waals surface area contributed by atoms with Crippen LogP contribution in [0.5, 0.6) is 0 Å². The summed E-state index contributed by atoms with van der Waals surface area (Å²) in [7, 11) is -3.44. The number of benzene rings is 1. The molecule has 0 aromatic heterocycles. The Hall–Kier alpha value is -1.44. The molecule has 2 N–H and O–H groups in total. The lowest BCUT2D eigenvalue weighted by molar-refractivity contribution is -0.123. The highest BCUT2D eigenvalue weighted by molar-refractivity contribution is 7.89. The zero-order chi connectivity index (χ0) is 19.2. The summed E-state index contributed by atoms with van der Waals surface area (Å²) in [6, 6.07) is 6.52. The van der Waals surface area contributed by atoms with Crippen molar-refractivity contribution in [3.05, 3.63) is 29.8 Å². The summed E-state index contributed by atoms with van der Waals surface area (Å²) < 4.78 is 26.4. The third-order valence-electron chi connectivity index (χ3n) is 4.05. The fourth-order valence-electron chi connectivity index (χ4n) is 2.60. The van der Waals surface area contributed by atoms with E-state index in [1.165, 1.54) is 4.31 Å². The first-order valence-electron chi connectivity index (χ1n) is 8.79. The normalized spacial score (nSPS) is 14.6. The molecule has 0 heterocycles. The maximum Gasteiger partial charge on any atom is 0.243 e. The van der Waals surface area contributed by atoms with E-state index in [2.05, 4.69) is 10.6 Å². The van der Waals surface area contributed by atoms with Crippen LogP contribution in [-0.2, 0) is 14.8 Å². The highest BCUT2D eigenvalue weighted by atomic mass is 32.2. The van der Waals surface area contributed by atoms with E-state index in [1.54, 1.807) is 24.3 Å². The van der Waals surface area contributed by atoms with Gasteiger partial charge in [0.2, 0.25) is 15.9 Å². The van der Waals surface area contributed by atoms with Crippen LogP contribution in [0.1, 0.15) is 53.1 Å². The minimum absolute atomic E-state index is 0.0532. The molecule has 6 nitrogen and oxygen atoms in total. The van der Waals surface area contributed by atoms with Crippen LogP contribution in [0.25, 0.3) is 0 Å². The molecule has 0 unspecified atom stereocenters. The molecule has 25 heavy (non-hydrogen) atoms. The van der Waals surface area contributed by atoms with Gasteiger partial charge in [-0.05, 0) is 45.4 Å². The molecule has 0 spiro atoms. The standard InChI is InChI=1S/C18H31N3O3S/c1-7-21(8-2)25(23,24)17-11-9-16(10-12-17)14(5)20-15(6)18(22)19-13(3)4/h9-15,20H,7-8H2,1-6H3,(H,19,22)/t14-,15+/m1/s1. The van der Waals surface area contributed by atoms with Crippen molar-refractivity contribution in [3.63, 3.8) is 0 Å². The molecule has 0 aliphatic carbocycles. The molecular formula is C18H31N3O3S. The highest BCUT2D eigenvalue weighted by Gasteiger charge is 2.22. The number of nitrogens with one attached hydrogen (secondary N) is 2. The van der Waals surface area contributed by atoms with Crippen LogP contribution in [0.15, 0.2) is 29.2 Å². The quantitative estimate of drug-likeness (QED) is 0.700. The second-order valence-electron chi connectivity index (χ2n) is 6.43. The molecule has 0 radical (unpaired) electrons. The van der Waals surface area contributed by atoms with E-state index in [0.717, 1.165) is 5.56 Å². The van der Waals surface area contributed by atoms with Crippen LogP contribution in [0.2, 0.25) is 0 Å². The van der Waals surface area contributed by atoms with Crippen molar-refractivity contribution < 1.29 is 13.2 Å². The predicted octanol–water partition coefficient (Wildman–Crippen LogP) is 2.28. The molecule has 1 rings (SSSR count). The Balaban J connectivity index is 2.84. The first kappa shape index (κ1) is 21.6. The summed E-state index contributed by atoms with van der Waals surface area (Å²) in [6.45, 7) is 12.1. The summed E-state index contributed by atoms with van der Waals surface area (Å²) in [5.74, 6) is -0.0532. The van der Waals surface area contributed by atoms with E-state index in [1.807, 2.05) is 41.5 Å². The predicted molar refractivity (Wildman–Crippen MR) is 101 cm³/mol. The minimum Gasteiger partial charge on any atom is -0.353 e. The van der Waals surface area contributed by atoms with Crippen LogP contribution in [0, 0.1) is 0 Å². The van der Waals surface area contributed by atoms with Gasteiger partial charge < -0.3 is 5.32 Å². The lowest BCUT2D eigenvalue weighted by Crippen LogP contribution is -2.45. The van der Waals surface area contributed by atoms with Crippen molar-refractivity contribution in [2.75, 3.05) is 13.1 Å². The fourth-order valence-corrected chi connectivity index (χ4v) is 4.06. The van der Waals surface area contributed by atoms with Crippen molar-refractivity contribution in [1.82, 2.24) is 14.9 Å². The van der Waals surface area contributed by atoms with Gasteiger partial charge in [0.1, 0.15) is 0 Å². The molecule has 0 bridgehead atoms. The highest BCUT2D eigenvalue weighted by Crippen LogP contribution is 2.19. The first-order valence-corrected chi connectivity index (χ1v) is 10.2. The molecule has 142 valence electrons. The van der Waals surface area contributed by atoms with Gasteiger partial charge in [-0.2, -0.15) is 4.31 Å². The Morgan fingerprint density at radius 2 is 1.56 bits per heavy atom. The molecule has 1 amide bonds. The van der Waals surface area contributed by atoms with Crippen molar-refractivity contribution in [2.45, 2.75) is 64.6 Å². The smallest absolute Gasteiger partial charge is 0.243 e. The number of hydrogen-bond donors (Lipinski definition) is 2. The van der Waals surface area contributed by atoms with Crippen molar-refractivity contribution in [1.29, 1.82) is 0 Å². The molecule has 7 heteroatoms. The Labute approximate surface area is 152 Å². The molecular weight excluding hydrogens is 338 g/mol. The molecule has 2 atom stereocenters. The molecule has 0 saturated heterocycles. The number of carbonyl (C=O) groups is 1. The monoisotopic (exact) mass is 369 g/mol. The van der Waals surface area contributed by atoms with Gasteiger partial charge in [0.15, 0.2) is 0 Å². The molecule has 0 aliphatic rings. The lowest BCUT2D eigenvalue weighted by Gasteiger charge is -2.22. The second-order valence-corrected chi connectivity index (χ2v) is 8.37. The van der Waals surface area contributed by atoms with Gasteiger partial charge in [0, 0.05) is 25.2 Å². The zero-order valence-corrected chi connectivity index (χ0v) is 16.9. The lowest BCUT2D eigenvalue weighted by atomic mass is 10.1. The van der Waals surface area contributed by atoms with Crippen LogP contribution in [-0.4, -0.2) is 43.8 Å². The zero-order valence-electron chi connectivity index (χ0n) is 16.0. The molecule has 0 saturated carbocycles. The van der Waals surface area contributed by atoms with Crippen molar-refractivity contribution >= 4 is 15.9 Å². The van der Waals surface area contributed by atoms with E-state index >= 15 is 0 Å². The summed E-state index contributed by atoms with van der Waals surface area (Å²) in [5.41, 5.74) is 0.933. The number of sulfonamides is 1. The number of carbonyl (C=O) groups excluding carboxylic acids is 1. The summed E-state index contributed by atoms with van der Waals surface area (Å²) in [4.78, 5) is 12.3. The molecule has 1 aromatic rings. The van der Waals surface area contributed by atoms with E-state index in [0.29, 0.717) is 13.1 Å². The SMILES string of the molecule is CCN(CC)S(=O)(=O)c1ccc([C@@H](C)N[C@@H](C)C(=O)NC(C)C)cc1. The van der Waals surface area contributed by atoms with Gasteiger partial charge in [-0.25, -0.2) is 8.42 Å². The molecule has 1 aromatic carbocycles. The van der Waals surface area contributed by atoms with E-state index in [9.17, 15) is 13.2 Å². The maximum absolute atomic E-state index is 12.5. The fraction of sp³-hybridized carbons (Fsp3) is 0.611. The van der Waals surface area contributed by atoms with Gasteiger partial charge in [0.25, 0.3) is 0 Å². The van der Waals surface area contributed by atoms with Gasteiger partial charge >= 0.3 is 0 Å². The van der Waals surface area contributed by atoms with E-state index in [4.69, 9.17) is 0 Å². The molecule has 0 aliphatic heterocycles. The summed E-state index contributed by atoms with van der Waals surface area (Å²) in [6.07, 6.45) is 0. The number of hydrogen-bond acceptors (Lipinski definition) is 4. The summed E-state index contributed by atoms with van der Waals surface area (Å²) in [5, 5.41) is 6.10. The minimum atomic E-state index is -3.44. The van der Waals surface area contributed by atoms with Gasteiger partial charge in [0.05, 0.1) is 10.9 Å². The Kier molecular flexibility index (Phi) is 8.05. The third kappa shape index (κ3) is 5.80. The average Bonchev–Trinajstić information content (AvgIpc) is 2.55. The molecule has 0 fully saturated rings. The number of rotatable bonds is 9. The van der Waals surface area contributed by atoms with Gasteiger partial charge in [-0.1, -0.05) is 26.0 Å². The van der Waals surface area contributed by atoms with Crippen LogP contribution in [0.3, 0.4) is 0 Å². The Morgan fingerprint density at radius 3 is 2.00 bits per heavy atom. The summed E-state index contributed by atoms with van der Waals surface area (Å²) >= 11 is 0. The largest absolute Gasteiger partial charge is 0.353 e. The number of amides is 1.